The number of alkyl carbamates (subject to hydrolysis) is 1. The molecule has 0 fully saturated rings. The van der Waals surface area contributed by atoms with E-state index >= 15 is 0 Å². The molecule has 2 unspecified atom stereocenters. The molecular formula is C31H47N3O6. The van der Waals surface area contributed by atoms with E-state index in [1.807, 2.05) is 13.8 Å². The van der Waals surface area contributed by atoms with Gasteiger partial charge in [0.2, 0.25) is 11.8 Å². The van der Waals surface area contributed by atoms with Crippen molar-refractivity contribution in [3.05, 3.63) is 35.4 Å². The molecule has 0 aliphatic rings. The first-order chi connectivity index (χ1) is 18.8. The van der Waals surface area contributed by atoms with Gasteiger partial charge in [0.25, 0.3) is 0 Å². The molecular weight excluding hydrogens is 510 g/mol. The zero-order valence-electron chi connectivity index (χ0n) is 25.2. The summed E-state index contributed by atoms with van der Waals surface area (Å²) in [5.41, 5.74) is 0.403. The molecule has 9 heteroatoms. The number of methoxy groups -OCH3 is 1. The second kappa shape index (κ2) is 17.2. The Morgan fingerprint density at radius 3 is 2.12 bits per heavy atom. The molecule has 2 atom stereocenters. The molecule has 222 valence electrons. The number of rotatable bonds is 15. The monoisotopic (exact) mass is 557 g/mol. The van der Waals surface area contributed by atoms with E-state index in [-0.39, 0.29) is 19.0 Å². The number of hydrogen-bond acceptors (Lipinski definition) is 6. The summed E-state index contributed by atoms with van der Waals surface area (Å²) in [6.07, 6.45) is 10.7. The lowest BCUT2D eigenvalue weighted by molar-refractivity contribution is -0.145. The Labute approximate surface area is 239 Å². The minimum absolute atomic E-state index is 0.275. The standard InChI is InChI=1S/C31H47N3O6/c1-9-11-12-13-14-15-20-34(29(37)26(22(3)4)33-30(38)40-31(5,6)7)27(28(36)32-21-25(35)39-8)24-18-16-23(10-2)17-19-24/h2,16-19,22,26-27H,9,11-15,20-21H2,1,3-8H3,(H,32,36)(H,33,38). The van der Waals surface area contributed by atoms with E-state index in [2.05, 4.69) is 28.2 Å². The molecule has 0 aromatic heterocycles. The Hall–Kier alpha value is -3.54. The molecule has 1 aromatic carbocycles. The summed E-state index contributed by atoms with van der Waals surface area (Å²) in [5, 5.41) is 5.30. The van der Waals surface area contributed by atoms with Crippen molar-refractivity contribution in [2.45, 2.75) is 97.8 Å². The topological polar surface area (TPSA) is 114 Å². The highest BCUT2D eigenvalue weighted by atomic mass is 16.6. The highest BCUT2D eigenvalue weighted by Gasteiger charge is 2.37. The van der Waals surface area contributed by atoms with E-state index in [0.717, 1.165) is 32.1 Å². The summed E-state index contributed by atoms with van der Waals surface area (Å²) in [5.74, 6) is 0.672. The maximum atomic E-state index is 14.1. The van der Waals surface area contributed by atoms with E-state index in [1.54, 1.807) is 45.0 Å². The van der Waals surface area contributed by atoms with Crippen molar-refractivity contribution in [2.24, 2.45) is 5.92 Å². The Morgan fingerprint density at radius 2 is 1.60 bits per heavy atom. The fourth-order valence-electron chi connectivity index (χ4n) is 4.12. The lowest BCUT2D eigenvalue weighted by Gasteiger charge is -2.35. The van der Waals surface area contributed by atoms with Crippen LogP contribution in [0.15, 0.2) is 24.3 Å². The fraction of sp³-hybridized carbons (Fsp3) is 0.613. The smallest absolute Gasteiger partial charge is 0.408 e. The third kappa shape index (κ3) is 12.1. The zero-order valence-corrected chi connectivity index (χ0v) is 25.2. The average Bonchev–Trinajstić information content (AvgIpc) is 2.90. The molecule has 0 aliphatic heterocycles. The number of amides is 3. The first-order valence-corrected chi connectivity index (χ1v) is 14.1. The van der Waals surface area contributed by atoms with Gasteiger partial charge in [-0.2, -0.15) is 0 Å². The van der Waals surface area contributed by atoms with E-state index in [1.165, 1.54) is 12.0 Å². The Kier molecular flexibility index (Phi) is 14.8. The largest absolute Gasteiger partial charge is 0.468 e. The first-order valence-electron chi connectivity index (χ1n) is 14.1. The van der Waals surface area contributed by atoms with Crippen molar-refractivity contribution in [3.63, 3.8) is 0 Å². The zero-order chi connectivity index (χ0) is 30.3. The third-order valence-electron chi connectivity index (χ3n) is 6.23. The number of nitrogens with one attached hydrogen (secondary N) is 2. The summed E-state index contributed by atoms with van der Waals surface area (Å²) in [4.78, 5) is 53.7. The van der Waals surface area contributed by atoms with Gasteiger partial charge in [0.1, 0.15) is 24.2 Å². The molecule has 0 bridgehead atoms. The van der Waals surface area contributed by atoms with Gasteiger partial charge in [0, 0.05) is 12.1 Å². The Bertz CT molecular complexity index is 1010. The van der Waals surface area contributed by atoms with Crippen molar-refractivity contribution in [3.8, 4) is 12.3 Å². The fourth-order valence-corrected chi connectivity index (χ4v) is 4.12. The van der Waals surface area contributed by atoms with E-state index in [4.69, 9.17) is 11.2 Å². The van der Waals surface area contributed by atoms with Crippen LogP contribution >= 0.6 is 0 Å². The predicted octanol–water partition coefficient (Wildman–Crippen LogP) is 4.74. The number of benzene rings is 1. The SMILES string of the molecule is C#Cc1ccc(C(C(=O)NCC(=O)OC)N(CCCCCCCC)C(=O)C(NC(=O)OC(C)(C)C)C(C)C)cc1. The molecule has 0 saturated heterocycles. The molecule has 1 aromatic rings. The van der Waals surface area contributed by atoms with Crippen LogP contribution in [0.4, 0.5) is 4.79 Å². The maximum Gasteiger partial charge on any atom is 0.408 e. The number of ether oxygens (including phenoxy) is 2. The van der Waals surface area contributed by atoms with E-state index in [9.17, 15) is 19.2 Å². The third-order valence-corrected chi connectivity index (χ3v) is 6.23. The lowest BCUT2D eigenvalue weighted by atomic mass is 9.97. The number of unbranched alkanes of at least 4 members (excludes halogenated alkanes) is 5. The number of esters is 1. The van der Waals surface area contributed by atoms with Crippen LogP contribution in [0, 0.1) is 18.3 Å². The molecule has 3 amide bonds. The second-order valence-corrected chi connectivity index (χ2v) is 11.1. The number of carbonyl (C=O) groups is 4. The number of nitrogens with zero attached hydrogens (tertiary/aromatic N) is 1. The minimum atomic E-state index is -1.07. The number of carbonyl (C=O) groups excluding carboxylic acids is 4. The lowest BCUT2D eigenvalue weighted by Crippen LogP contribution is -2.55. The molecule has 0 heterocycles. The molecule has 0 spiro atoms. The Balaban J connectivity index is 3.45. The predicted molar refractivity (Wildman–Crippen MR) is 155 cm³/mol. The molecule has 0 radical (unpaired) electrons. The molecule has 9 nitrogen and oxygen atoms in total. The summed E-state index contributed by atoms with van der Waals surface area (Å²) < 4.78 is 10.1. The van der Waals surface area contributed by atoms with Crippen LogP contribution in [0.1, 0.15) is 97.2 Å². The van der Waals surface area contributed by atoms with E-state index < -0.39 is 41.6 Å². The van der Waals surface area contributed by atoms with Crippen molar-refractivity contribution in [1.29, 1.82) is 0 Å². The maximum absolute atomic E-state index is 14.1. The summed E-state index contributed by atoms with van der Waals surface area (Å²) in [7, 11) is 1.23. The van der Waals surface area contributed by atoms with Gasteiger partial charge in [-0.25, -0.2) is 4.79 Å². The van der Waals surface area contributed by atoms with Gasteiger partial charge in [-0.1, -0.05) is 70.9 Å². The highest BCUT2D eigenvalue weighted by molar-refractivity contribution is 5.93. The summed E-state index contributed by atoms with van der Waals surface area (Å²) in [6.45, 7) is 10.9. The van der Waals surface area contributed by atoms with E-state index in [0.29, 0.717) is 17.5 Å². The minimum Gasteiger partial charge on any atom is -0.468 e. The average molecular weight is 558 g/mol. The second-order valence-electron chi connectivity index (χ2n) is 11.1. The van der Waals surface area contributed by atoms with Gasteiger partial charge < -0.3 is 25.0 Å². The van der Waals surface area contributed by atoms with Crippen LogP contribution < -0.4 is 10.6 Å². The molecule has 0 aliphatic carbocycles. The Morgan fingerprint density at radius 1 is 1.00 bits per heavy atom. The van der Waals surface area contributed by atoms with Gasteiger partial charge in [0.05, 0.1) is 7.11 Å². The first kappa shape index (κ1) is 34.5. The summed E-state index contributed by atoms with van der Waals surface area (Å²) >= 11 is 0. The number of hydrogen-bond donors (Lipinski definition) is 2. The van der Waals surface area contributed by atoms with Crippen molar-refractivity contribution >= 4 is 23.9 Å². The molecule has 40 heavy (non-hydrogen) atoms. The van der Waals surface area contributed by atoms with Crippen LogP contribution in [-0.4, -0.2) is 60.6 Å². The highest BCUT2D eigenvalue weighted by Crippen LogP contribution is 2.25. The van der Waals surface area contributed by atoms with Crippen LogP contribution in [0.3, 0.4) is 0 Å². The van der Waals surface area contributed by atoms with Gasteiger partial charge in [-0.15, -0.1) is 6.42 Å². The van der Waals surface area contributed by atoms with Gasteiger partial charge in [-0.05, 0) is 50.8 Å². The van der Waals surface area contributed by atoms with Crippen molar-refractivity contribution in [1.82, 2.24) is 15.5 Å². The normalized spacial score (nSPS) is 12.6. The molecule has 0 saturated carbocycles. The van der Waals surface area contributed by atoms with Gasteiger partial charge in [-0.3, -0.25) is 14.4 Å². The van der Waals surface area contributed by atoms with Crippen molar-refractivity contribution in [2.75, 3.05) is 20.2 Å². The van der Waals surface area contributed by atoms with Crippen LogP contribution in [0.5, 0.6) is 0 Å². The quantitative estimate of drug-likeness (QED) is 0.183. The van der Waals surface area contributed by atoms with Gasteiger partial charge in [0.15, 0.2) is 0 Å². The van der Waals surface area contributed by atoms with Crippen LogP contribution in [-0.2, 0) is 23.9 Å². The summed E-state index contributed by atoms with van der Waals surface area (Å²) in [6, 6.07) is 4.78. The molecule has 1 rings (SSSR count). The van der Waals surface area contributed by atoms with Crippen LogP contribution in [0.25, 0.3) is 0 Å². The van der Waals surface area contributed by atoms with Gasteiger partial charge >= 0.3 is 12.1 Å². The molecule has 2 N–H and O–H groups in total. The van der Waals surface area contributed by atoms with Crippen LogP contribution in [0.2, 0.25) is 0 Å². The number of terminal acetylenes is 1. The van der Waals surface area contributed by atoms with Crippen molar-refractivity contribution < 1.29 is 28.7 Å².